The van der Waals surface area contributed by atoms with Gasteiger partial charge in [0.25, 0.3) is 0 Å². The molecule has 0 aliphatic carbocycles. The van der Waals surface area contributed by atoms with Gasteiger partial charge in [0.2, 0.25) is 5.91 Å². The van der Waals surface area contributed by atoms with Crippen LogP contribution in [0.1, 0.15) is 11.1 Å². The van der Waals surface area contributed by atoms with Crippen LogP contribution in [0, 0.1) is 6.92 Å². The lowest BCUT2D eigenvalue weighted by molar-refractivity contribution is -0.115. The Kier molecular flexibility index (Phi) is 3.71. The second kappa shape index (κ2) is 5.44. The molecule has 0 unspecified atom stereocenters. The molecule has 0 radical (unpaired) electrons. The summed E-state index contributed by atoms with van der Waals surface area (Å²) in [6, 6.07) is 12.2. The fourth-order valence-corrected chi connectivity index (χ4v) is 1.83. The second-order valence-electron chi connectivity index (χ2n) is 4.49. The highest BCUT2D eigenvalue weighted by molar-refractivity contribution is 5.93. The van der Waals surface area contributed by atoms with Gasteiger partial charge in [0.15, 0.2) is 0 Å². The topological polar surface area (TPSA) is 75.3 Å². The molecule has 98 valence electrons. The number of aromatic hydroxyl groups is 1. The van der Waals surface area contributed by atoms with Crippen molar-refractivity contribution in [3.8, 4) is 5.75 Å². The minimum Gasteiger partial charge on any atom is -0.506 e. The van der Waals surface area contributed by atoms with E-state index < -0.39 is 0 Å². The van der Waals surface area contributed by atoms with Gasteiger partial charge in [-0.25, -0.2) is 0 Å². The third-order valence-corrected chi connectivity index (χ3v) is 2.74. The normalized spacial score (nSPS) is 10.2. The summed E-state index contributed by atoms with van der Waals surface area (Å²) in [5.41, 5.74) is 8.52. The smallest absolute Gasteiger partial charge is 0.228 e. The van der Waals surface area contributed by atoms with Crippen LogP contribution in [-0.4, -0.2) is 11.0 Å². The third-order valence-electron chi connectivity index (χ3n) is 2.74. The quantitative estimate of drug-likeness (QED) is 0.583. The van der Waals surface area contributed by atoms with Gasteiger partial charge in [-0.2, -0.15) is 0 Å². The zero-order valence-electron chi connectivity index (χ0n) is 10.7. The number of nitrogens with one attached hydrogen (secondary N) is 1. The number of phenols is 1. The summed E-state index contributed by atoms with van der Waals surface area (Å²) in [5, 5.41) is 12.3. The Bertz CT molecular complexity index is 609. The van der Waals surface area contributed by atoms with Crippen molar-refractivity contribution >= 4 is 17.3 Å². The number of hydrogen-bond donors (Lipinski definition) is 3. The molecule has 0 heterocycles. The summed E-state index contributed by atoms with van der Waals surface area (Å²) in [4.78, 5) is 11.9. The van der Waals surface area contributed by atoms with Gasteiger partial charge in [0.1, 0.15) is 5.75 Å². The Morgan fingerprint density at radius 2 is 2.05 bits per heavy atom. The molecule has 0 fully saturated rings. The maximum absolute atomic E-state index is 11.9. The summed E-state index contributed by atoms with van der Waals surface area (Å²) in [5.74, 6) is -0.127. The summed E-state index contributed by atoms with van der Waals surface area (Å²) in [6.45, 7) is 1.90. The predicted molar refractivity (Wildman–Crippen MR) is 76.0 cm³/mol. The van der Waals surface area contributed by atoms with Crippen LogP contribution in [0.5, 0.6) is 5.75 Å². The molecule has 0 saturated carbocycles. The third kappa shape index (κ3) is 3.48. The Balaban J connectivity index is 2.07. The van der Waals surface area contributed by atoms with Crippen molar-refractivity contribution in [2.75, 3.05) is 11.1 Å². The molecular weight excluding hydrogens is 240 g/mol. The summed E-state index contributed by atoms with van der Waals surface area (Å²) >= 11 is 0. The van der Waals surface area contributed by atoms with Crippen LogP contribution in [-0.2, 0) is 11.2 Å². The number of carbonyl (C=O) groups is 1. The minimum absolute atomic E-state index is 0.0616. The zero-order valence-corrected chi connectivity index (χ0v) is 10.7. The largest absolute Gasteiger partial charge is 0.506 e. The van der Waals surface area contributed by atoms with E-state index in [9.17, 15) is 9.90 Å². The molecule has 0 aliphatic rings. The van der Waals surface area contributed by atoms with Gasteiger partial charge < -0.3 is 16.2 Å². The molecule has 0 atom stereocenters. The highest BCUT2D eigenvalue weighted by Crippen LogP contribution is 2.24. The van der Waals surface area contributed by atoms with Gasteiger partial charge in [-0.3, -0.25) is 4.79 Å². The number of amides is 1. The zero-order chi connectivity index (χ0) is 13.8. The lowest BCUT2D eigenvalue weighted by Gasteiger charge is -2.08. The van der Waals surface area contributed by atoms with E-state index in [1.807, 2.05) is 19.1 Å². The van der Waals surface area contributed by atoms with Crippen LogP contribution in [0.15, 0.2) is 42.5 Å². The second-order valence-corrected chi connectivity index (χ2v) is 4.49. The molecule has 2 aromatic rings. The molecule has 4 N–H and O–H groups in total. The SMILES string of the molecule is Cc1ccc(O)c(NC(=O)Cc2cccc(N)c2)c1. The maximum Gasteiger partial charge on any atom is 0.228 e. The molecule has 0 aliphatic heterocycles. The minimum atomic E-state index is -0.188. The van der Waals surface area contributed by atoms with Crippen LogP contribution in [0.2, 0.25) is 0 Å². The lowest BCUT2D eigenvalue weighted by Crippen LogP contribution is -2.14. The standard InChI is InChI=1S/C15H16N2O2/c1-10-5-6-14(18)13(7-10)17-15(19)9-11-3-2-4-12(16)8-11/h2-8,18H,9,16H2,1H3,(H,17,19). The van der Waals surface area contributed by atoms with Crippen LogP contribution in [0.25, 0.3) is 0 Å². The Morgan fingerprint density at radius 1 is 1.26 bits per heavy atom. The monoisotopic (exact) mass is 256 g/mol. The molecule has 4 heteroatoms. The van der Waals surface area contributed by atoms with Crippen LogP contribution in [0.3, 0.4) is 0 Å². The molecule has 4 nitrogen and oxygen atoms in total. The fraction of sp³-hybridized carbons (Fsp3) is 0.133. The number of benzene rings is 2. The molecule has 0 bridgehead atoms. The Morgan fingerprint density at radius 3 is 2.79 bits per heavy atom. The number of aryl methyl sites for hydroxylation is 1. The van der Waals surface area contributed by atoms with Gasteiger partial charge in [-0.15, -0.1) is 0 Å². The first kappa shape index (κ1) is 13.0. The van der Waals surface area contributed by atoms with Gasteiger partial charge in [-0.1, -0.05) is 18.2 Å². The first-order chi connectivity index (χ1) is 9.04. The molecule has 2 aromatic carbocycles. The van der Waals surface area contributed by atoms with E-state index in [4.69, 9.17) is 5.73 Å². The van der Waals surface area contributed by atoms with Crippen molar-refractivity contribution in [3.05, 3.63) is 53.6 Å². The van der Waals surface area contributed by atoms with Crippen LogP contribution in [0.4, 0.5) is 11.4 Å². The Labute approximate surface area is 111 Å². The van der Waals surface area contributed by atoms with Crippen molar-refractivity contribution in [1.29, 1.82) is 0 Å². The first-order valence-corrected chi connectivity index (χ1v) is 5.98. The molecule has 0 spiro atoms. The summed E-state index contributed by atoms with van der Waals surface area (Å²) in [7, 11) is 0. The molecule has 1 amide bonds. The number of hydrogen-bond acceptors (Lipinski definition) is 3. The fourth-order valence-electron chi connectivity index (χ4n) is 1.83. The number of phenolic OH excluding ortho intramolecular Hbond substituents is 1. The van der Waals surface area contributed by atoms with Gasteiger partial charge in [0.05, 0.1) is 12.1 Å². The van der Waals surface area contributed by atoms with E-state index in [2.05, 4.69) is 5.32 Å². The average Bonchev–Trinajstić information content (AvgIpc) is 2.34. The van der Waals surface area contributed by atoms with E-state index in [0.717, 1.165) is 11.1 Å². The van der Waals surface area contributed by atoms with E-state index in [1.54, 1.807) is 30.3 Å². The van der Waals surface area contributed by atoms with Gasteiger partial charge >= 0.3 is 0 Å². The molecular formula is C15H16N2O2. The van der Waals surface area contributed by atoms with Crippen LogP contribution < -0.4 is 11.1 Å². The highest BCUT2D eigenvalue weighted by Gasteiger charge is 2.07. The first-order valence-electron chi connectivity index (χ1n) is 5.98. The number of nitrogen functional groups attached to an aromatic ring is 1. The van der Waals surface area contributed by atoms with E-state index in [-0.39, 0.29) is 18.1 Å². The van der Waals surface area contributed by atoms with Gasteiger partial charge in [-0.05, 0) is 42.3 Å². The average molecular weight is 256 g/mol. The lowest BCUT2D eigenvalue weighted by atomic mass is 10.1. The summed E-state index contributed by atoms with van der Waals surface area (Å²) in [6.07, 6.45) is 0.221. The van der Waals surface area contributed by atoms with Crippen molar-refractivity contribution in [3.63, 3.8) is 0 Å². The van der Waals surface area contributed by atoms with E-state index >= 15 is 0 Å². The number of nitrogens with two attached hydrogens (primary N) is 1. The maximum atomic E-state index is 11.9. The number of carbonyl (C=O) groups excluding carboxylic acids is 1. The summed E-state index contributed by atoms with van der Waals surface area (Å²) < 4.78 is 0. The molecule has 0 aromatic heterocycles. The van der Waals surface area contributed by atoms with E-state index in [0.29, 0.717) is 11.4 Å². The van der Waals surface area contributed by atoms with Crippen molar-refractivity contribution in [2.24, 2.45) is 0 Å². The molecule has 0 saturated heterocycles. The Hall–Kier alpha value is -2.49. The van der Waals surface area contributed by atoms with E-state index in [1.165, 1.54) is 0 Å². The van der Waals surface area contributed by atoms with Gasteiger partial charge in [0, 0.05) is 5.69 Å². The number of rotatable bonds is 3. The molecule has 19 heavy (non-hydrogen) atoms. The van der Waals surface area contributed by atoms with Crippen molar-refractivity contribution in [1.82, 2.24) is 0 Å². The van der Waals surface area contributed by atoms with Crippen LogP contribution >= 0.6 is 0 Å². The molecule has 2 rings (SSSR count). The van der Waals surface area contributed by atoms with Crippen molar-refractivity contribution < 1.29 is 9.90 Å². The number of anilines is 2. The predicted octanol–water partition coefficient (Wildman–Crippen LogP) is 2.46. The van der Waals surface area contributed by atoms with Crippen molar-refractivity contribution in [2.45, 2.75) is 13.3 Å². The highest BCUT2D eigenvalue weighted by atomic mass is 16.3.